The van der Waals surface area contributed by atoms with Crippen LogP contribution in [0.1, 0.15) is 29.5 Å². The predicted octanol–water partition coefficient (Wildman–Crippen LogP) is 6.63. The van der Waals surface area contributed by atoms with E-state index in [4.69, 9.17) is 27.9 Å². The molecular weight excluding hydrogens is 479 g/mol. The molecule has 0 unspecified atom stereocenters. The Morgan fingerprint density at radius 2 is 1.91 bits per heavy atom. The van der Waals surface area contributed by atoms with E-state index in [-0.39, 0.29) is 33.5 Å². The number of sulfonamides is 1. The van der Waals surface area contributed by atoms with Crippen LogP contribution < -0.4 is 14.8 Å². The van der Waals surface area contributed by atoms with Crippen molar-refractivity contribution >= 4 is 44.6 Å². The number of nitrogens with one attached hydrogen (secondary N) is 2. The third-order valence-electron chi connectivity index (χ3n) is 6.27. The number of anilines is 2. The Labute approximate surface area is 203 Å². The quantitative estimate of drug-likeness (QED) is 0.385. The number of hydrogen-bond acceptors (Lipinski definition) is 4. The number of methoxy groups -OCH3 is 1. The van der Waals surface area contributed by atoms with E-state index in [0.717, 1.165) is 29.0 Å². The molecule has 2 aliphatic rings. The molecule has 3 aromatic carbocycles. The number of hydrogen-bond donors (Lipinski definition) is 2. The molecule has 5 nitrogen and oxygen atoms in total. The molecule has 0 bridgehead atoms. The summed E-state index contributed by atoms with van der Waals surface area (Å²) in [5, 5.41) is 4.31. The lowest BCUT2D eigenvalue weighted by Crippen LogP contribution is -2.29. The molecular formula is C25H22Cl2N2O3S. The fraction of sp³-hybridized carbons (Fsp3) is 0.200. The van der Waals surface area contributed by atoms with Gasteiger partial charge < -0.3 is 10.1 Å². The zero-order chi connectivity index (χ0) is 23.2. The maximum Gasteiger partial charge on any atom is 0.261 e. The summed E-state index contributed by atoms with van der Waals surface area (Å²) >= 11 is 12.1. The monoisotopic (exact) mass is 500 g/mol. The van der Waals surface area contributed by atoms with Crippen LogP contribution in [-0.4, -0.2) is 15.5 Å². The smallest absolute Gasteiger partial charge is 0.261 e. The summed E-state index contributed by atoms with van der Waals surface area (Å²) in [6, 6.07) is 18.0. The van der Waals surface area contributed by atoms with Crippen molar-refractivity contribution < 1.29 is 13.2 Å². The van der Waals surface area contributed by atoms with Gasteiger partial charge in [0.25, 0.3) is 10.0 Å². The second kappa shape index (κ2) is 8.60. The third kappa shape index (κ3) is 4.19. The molecule has 8 heteroatoms. The Balaban J connectivity index is 1.49. The molecule has 0 saturated carbocycles. The van der Waals surface area contributed by atoms with Crippen LogP contribution in [0.4, 0.5) is 11.4 Å². The Bertz CT molecular complexity index is 1360. The fourth-order valence-electron chi connectivity index (χ4n) is 4.68. The summed E-state index contributed by atoms with van der Waals surface area (Å²) in [4.78, 5) is 0.188. The first-order valence-corrected chi connectivity index (χ1v) is 12.8. The number of allylic oxidation sites excluding steroid dienone is 2. The maximum absolute atomic E-state index is 13.1. The molecule has 0 saturated heterocycles. The molecule has 170 valence electrons. The molecule has 0 amide bonds. The van der Waals surface area contributed by atoms with Gasteiger partial charge in [0.15, 0.2) is 0 Å². The fourth-order valence-corrected chi connectivity index (χ4v) is 6.31. The summed E-state index contributed by atoms with van der Waals surface area (Å²) in [5.74, 6) is 1.21. The van der Waals surface area contributed by atoms with E-state index < -0.39 is 10.0 Å². The first-order valence-electron chi connectivity index (χ1n) is 10.5. The van der Waals surface area contributed by atoms with E-state index in [1.54, 1.807) is 31.4 Å². The Morgan fingerprint density at radius 3 is 2.70 bits per heavy atom. The van der Waals surface area contributed by atoms with Crippen LogP contribution in [0.5, 0.6) is 5.75 Å². The normalized spacial score (nSPS) is 21.1. The van der Waals surface area contributed by atoms with Crippen molar-refractivity contribution in [3.05, 3.63) is 94.0 Å². The molecule has 1 aliphatic carbocycles. The molecule has 3 atom stereocenters. The van der Waals surface area contributed by atoms with Crippen molar-refractivity contribution in [1.29, 1.82) is 0 Å². The topological polar surface area (TPSA) is 67.4 Å². The van der Waals surface area contributed by atoms with Gasteiger partial charge in [-0.05, 0) is 72.0 Å². The van der Waals surface area contributed by atoms with Gasteiger partial charge in [-0.3, -0.25) is 4.72 Å². The third-order valence-corrected chi connectivity index (χ3v) is 8.18. The minimum absolute atomic E-state index is 0.0982. The maximum atomic E-state index is 13.1. The van der Waals surface area contributed by atoms with Crippen molar-refractivity contribution in [3.63, 3.8) is 0 Å². The van der Waals surface area contributed by atoms with Crippen LogP contribution in [0.25, 0.3) is 0 Å². The minimum atomic E-state index is -3.83. The van der Waals surface area contributed by atoms with Gasteiger partial charge in [0.2, 0.25) is 0 Å². The van der Waals surface area contributed by atoms with Crippen molar-refractivity contribution in [2.75, 3.05) is 17.1 Å². The first kappa shape index (κ1) is 22.1. The Kier molecular flexibility index (Phi) is 5.77. The van der Waals surface area contributed by atoms with Crippen molar-refractivity contribution in [2.45, 2.75) is 23.3 Å². The molecule has 33 heavy (non-hydrogen) atoms. The molecule has 0 aromatic heterocycles. The summed E-state index contributed by atoms with van der Waals surface area (Å²) < 4.78 is 34.2. The highest BCUT2D eigenvalue weighted by Gasteiger charge is 2.38. The molecule has 3 aromatic rings. The second-order valence-corrected chi connectivity index (χ2v) is 10.8. The van der Waals surface area contributed by atoms with Gasteiger partial charge in [0.1, 0.15) is 5.75 Å². The van der Waals surface area contributed by atoms with Gasteiger partial charge in [0.05, 0.1) is 28.8 Å². The molecule has 0 spiro atoms. The van der Waals surface area contributed by atoms with Crippen LogP contribution in [0.3, 0.4) is 0 Å². The average molecular weight is 501 g/mol. The Morgan fingerprint density at radius 1 is 1.06 bits per heavy atom. The van der Waals surface area contributed by atoms with Gasteiger partial charge in [0, 0.05) is 16.6 Å². The van der Waals surface area contributed by atoms with E-state index in [9.17, 15) is 8.42 Å². The molecule has 1 heterocycles. The number of ether oxygens (including phenoxy) is 1. The minimum Gasteiger partial charge on any atom is -0.497 e. The molecule has 0 fully saturated rings. The van der Waals surface area contributed by atoms with E-state index in [1.165, 1.54) is 6.07 Å². The number of halogens is 2. The molecule has 2 N–H and O–H groups in total. The zero-order valence-electron chi connectivity index (χ0n) is 17.8. The lowest BCUT2D eigenvalue weighted by molar-refractivity contribution is 0.406. The zero-order valence-corrected chi connectivity index (χ0v) is 20.1. The number of fused-ring (bicyclic) bond motifs is 3. The van der Waals surface area contributed by atoms with Gasteiger partial charge >= 0.3 is 0 Å². The van der Waals surface area contributed by atoms with Crippen LogP contribution in [-0.2, 0) is 10.0 Å². The number of rotatable bonds is 5. The van der Waals surface area contributed by atoms with Gasteiger partial charge in [-0.1, -0.05) is 47.5 Å². The lowest BCUT2D eigenvalue weighted by atomic mass is 9.77. The van der Waals surface area contributed by atoms with Crippen LogP contribution >= 0.6 is 23.2 Å². The summed E-state index contributed by atoms with van der Waals surface area (Å²) in [7, 11) is -2.17. The summed E-state index contributed by atoms with van der Waals surface area (Å²) in [6.45, 7) is 0. The van der Waals surface area contributed by atoms with Crippen molar-refractivity contribution in [1.82, 2.24) is 0 Å². The van der Waals surface area contributed by atoms with E-state index in [0.29, 0.717) is 5.02 Å². The van der Waals surface area contributed by atoms with Crippen molar-refractivity contribution in [2.24, 2.45) is 5.92 Å². The van der Waals surface area contributed by atoms with Gasteiger partial charge in [-0.15, -0.1) is 0 Å². The van der Waals surface area contributed by atoms with E-state index >= 15 is 0 Å². The molecule has 5 rings (SSSR count). The largest absolute Gasteiger partial charge is 0.497 e. The highest BCUT2D eigenvalue weighted by atomic mass is 35.5. The summed E-state index contributed by atoms with van der Waals surface area (Å²) in [5.41, 5.74) is 3.33. The van der Waals surface area contributed by atoms with Gasteiger partial charge in [-0.25, -0.2) is 8.42 Å². The molecule has 1 aliphatic heterocycles. The highest BCUT2D eigenvalue weighted by molar-refractivity contribution is 7.92. The Hall–Kier alpha value is -2.67. The molecule has 0 radical (unpaired) electrons. The van der Waals surface area contributed by atoms with E-state index in [2.05, 4.69) is 34.3 Å². The lowest BCUT2D eigenvalue weighted by Gasteiger charge is -2.37. The predicted molar refractivity (Wildman–Crippen MR) is 133 cm³/mol. The van der Waals surface area contributed by atoms with Crippen LogP contribution in [0.2, 0.25) is 10.0 Å². The highest BCUT2D eigenvalue weighted by Crippen LogP contribution is 2.50. The van der Waals surface area contributed by atoms with Crippen molar-refractivity contribution in [3.8, 4) is 5.75 Å². The van der Waals surface area contributed by atoms with Gasteiger partial charge in [-0.2, -0.15) is 0 Å². The second-order valence-electron chi connectivity index (χ2n) is 8.23. The summed E-state index contributed by atoms with van der Waals surface area (Å²) in [6.07, 6.45) is 5.26. The standard InChI is InChI=1S/C25H22Cl2N2O3S/c1-32-17-5-2-4-15(12-17)25-20-7-3-6-19(20)21-14-18(9-11-23(21)28-25)33(30,31)29-24-10-8-16(26)13-22(24)27/h2-6,8-14,19-20,25,28-29H,7H2,1H3/t19-,20+,25+/m0/s1. The van der Waals surface area contributed by atoms with Crippen LogP contribution in [0, 0.1) is 5.92 Å². The van der Waals surface area contributed by atoms with E-state index in [1.807, 2.05) is 18.2 Å². The number of benzene rings is 3. The first-order chi connectivity index (χ1) is 15.9. The van der Waals surface area contributed by atoms with Crippen LogP contribution in [0.15, 0.2) is 77.7 Å². The SMILES string of the molecule is COc1cccc([C@H]2Nc3ccc(S(=O)(=O)Nc4ccc(Cl)cc4Cl)cc3[C@H]3C=CC[C@H]32)c1. The average Bonchev–Trinajstić information content (AvgIpc) is 3.30.